The minimum atomic E-state index is 0.320. The van der Waals surface area contributed by atoms with Crippen LogP contribution in [0, 0.1) is 0 Å². The third kappa shape index (κ3) is 2.68. The summed E-state index contributed by atoms with van der Waals surface area (Å²) in [6, 6.07) is 11.8. The van der Waals surface area contributed by atoms with E-state index in [0.29, 0.717) is 18.2 Å². The molecule has 3 aromatic rings. The molecular formula is C18H20N4O. The van der Waals surface area contributed by atoms with Crippen LogP contribution < -0.4 is 5.32 Å². The van der Waals surface area contributed by atoms with E-state index in [1.807, 2.05) is 36.5 Å². The first-order chi connectivity index (χ1) is 11.3. The van der Waals surface area contributed by atoms with Crippen LogP contribution in [-0.2, 0) is 6.42 Å². The molecule has 0 bridgehead atoms. The summed E-state index contributed by atoms with van der Waals surface area (Å²) < 4.78 is 2.26. The average Bonchev–Trinajstić information content (AvgIpc) is 2.95. The average molecular weight is 308 g/mol. The Kier molecular flexibility index (Phi) is 3.71. The SMILES string of the molecule is Oc1ccccc1Cc1nc2cccnc2n1C1CCCNC1. The maximum absolute atomic E-state index is 10.1. The van der Waals surface area contributed by atoms with E-state index >= 15 is 0 Å². The number of imidazole rings is 1. The molecule has 0 spiro atoms. The number of rotatable bonds is 3. The van der Waals surface area contributed by atoms with Gasteiger partial charge in [0.25, 0.3) is 0 Å². The summed E-state index contributed by atoms with van der Waals surface area (Å²) in [4.78, 5) is 9.34. The second-order valence-electron chi connectivity index (χ2n) is 6.05. The van der Waals surface area contributed by atoms with Gasteiger partial charge in [-0.25, -0.2) is 9.97 Å². The molecule has 1 aromatic carbocycles. The summed E-state index contributed by atoms with van der Waals surface area (Å²) in [7, 11) is 0. The van der Waals surface area contributed by atoms with E-state index in [1.54, 1.807) is 6.07 Å². The smallest absolute Gasteiger partial charge is 0.160 e. The Bertz CT molecular complexity index is 821. The number of hydrogen-bond donors (Lipinski definition) is 2. The highest BCUT2D eigenvalue weighted by atomic mass is 16.3. The van der Waals surface area contributed by atoms with Crippen molar-refractivity contribution in [3.63, 3.8) is 0 Å². The van der Waals surface area contributed by atoms with Gasteiger partial charge in [-0.1, -0.05) is 18.2 Å². The van der Waals surface area contributed by atoms with Crippen LogP contribution in [0.15, 0.2) is 42.6 Å². The highest BCUT2D eigenvalue weighted by Gasteiger charge is 2.22. The zero-order valence-electron chi connectivity index (χ0n) is 12.9. The fourth-order valence-corrected chi connectivity index (χ4v) is 3.37. The molecule has 23 heavy (non-hydrogen) atoms. The van der Waals surface area contributed by atoms with Crippen molar-refractivity contribution >= 4 is 11.2 Å². The fraction of sp³-hybridized carbons (Fsp3) is 0.333. The standard InChI is InChI=1S/C18H20N4O/c23-16-8-2-1-5-13(16)11-17-21-15-7-4-10-20-18(15)22(17)14-6-3-9-19-12-14/h1-2,4-5,7-8,10,14,19,23H,3,6,9,11-12H2. The van der Waals surface area contributed by atoms with Gasteiger partial charge in [0.2, 0.25) is 0 Å². The normalized spacial score (nSPS) is 18.3. The third-order valence-corrected chi connectivity index (χ3v) is 4.50. The lowest BCUT2D eigenvalue weighted by Gasteiger charge is -2.26. The van der Waals surface area contributed by atoms with Crippen molar-refractivity contribution in [2.45, 2.75) is 25.3 Å². The van der Waals surface area contributed by atoms with Crippen LogP contribution in [0.3, 0.4) is 0 Å². The third-order valence-electron chi connectivity index (χ3n) is 4.50. The van der Waals surface area contributed by atoms with Gasteiger partial charge >= 0.3 is 0 Å². The van der Waals surface area contributed by atoms with Gasteiger partial charge in [-0.2, -0.15) is 0 Å². The number of phenols is 1. The Morgan fingerprint density at radius 3 is 2.96 bits per heavy atom. The first kappa shape index (κ1) is 14.2. The van der Waals surface area contributed by atoms with Gasteiger partial charge in [0.15, 0.2) is 5.65 Å². The molecule has 0 amide bonds. The lowest BCUT2D eigenvalue weighted by Crippen LogP contribution is -2.32. The molecule has 4 rings (SSSR count). The number of aromatic hydroxyl groups is 1. The van der Waals surface area contributed by atoms with Crippen molar-refractivity contribution < 1.29 is 5.11 Å². The first-order valence-corrected chi connectivity index (χ1v) is 8.12. The molecule has 1 fully saturated rings. The number of nitrogens with one attached hydrogen (secondary N) is 1. The molecule has 2 aromatic heterocycles. The summed E-state index contributed by atoms with van der Waals surface area (Å²) in [6.45, 7) is 2.02. The van der Waals surface area contributed by atoms with Gasteiger partial charge in [0, 0.05) is 30.8 Å². The molecule has 1 aliphatic rings. The maximum Gasteiger partial charge on any atom is 0.160 e. The van der Waals surface area contributed by atoms with E-state index in [-0.39, 0.29) is 0 Å². The molecule has 0 aliphatic carbocycles. The van der Waals surface area contributed by atoms with Gasteiger partial charge in [0.1, 0.15) is 17.1 Å². The van der Waals surface area contributed by atoms with Gasteiger partial charge in [-0.15, -0.1) is 0 Å². The Labute approximate surface area is 135 Å². The number of piperidine rings is 1. The van der Waals surface area contributed by atoms with E-state index in [4.69, 9.17) is 4.98 Å². The molecule has 5 heteroatoms. The number of fused-ring (bicyclic) bond motifs is 1. The number of benzene rings is 1. The monoisotopic (exact) mass is 308 g/mol. The van der Waals surface area contributed by atoms with E-state index in [1.165, 1.54) is 0 Å². The Hall–Kier alpha value is -2.40. The molecule has 0 saturated carbocycles. The van der Waals surface area contributed by atoms with Crippen molar-refractivity contribution in [3.05, 3.63) is 54.0 Å². The van der Waals surface area contributed by atoms with E-state index < -0.39 is 0 Å². The van der Waals surface area contributed by atoms with E-state index in [0.717, 1.165) is 48.5 Å². The largest absolute Gasteiger partial charge is 0.508 e. The van der Waals surface area contributed by atoms with Crippen LogP contribution in [0.4, 0.5) is 0 Å². The number of phenolic OH excluding ortho intramolecular Hbond substituents is 1. The van der Waals surface area contributed by atoms with Gasteiger partial charge in [-0.05, 0) is 37.6 Å². The lowest BCUT2D eigenvalue weighted by atomic mass is 10.1. The maximum atomic E-state index is 10.1. The van der Waals surface area contributed by atoms with Gasteiger partial charge in [0.05, 0.1) is 0 Å². The molecule has 0 radical (unpaired) electrons. The van der Waals surface area contributed by atoms with Crippen LogP contribution in [-0.4, -0.2) is 32.7 Å². The van der Waals surface area contributed by atoms with Crippen molar-refractivity contribution in [2.24, 2.45) is 0 Å². The fourth-order valence-electron chi connectivity index (χ4n) is 3.37. The summed E-state index contributed by atoms with van der Waals surface area (Å²) in [5.41, 5.74) is 2.75. The van der Waals surface area contributed by atoms with Gasteiger partial charge < -0.3 is 15.0 Å². The highest BCUT2D eigenvalue weighted by Crippen LogP contribution is 2.27. The Morgan fingerprint density at radius 1 is 1.22 bits per heavy atom. The summed E-state index contributed by atoms with van der Waals surface area (Å²) in [6.07, 6.45) is 4.72. The zero-order chi connectivity index (χ0) is 15.6. The number of nitrogens with zero attached hydrogens (tertiary/aromatic N) is 3. The zero-order valence-corrected chi connectivity index (χ0v) is 12.9. The topological polar surface area (TPSA) is 63.0 Å². The van der Waals surface area contributed by atoms with Crippen LogP contribution in [0.5, 0.6) is 5.75 Å². The number of aromatic nitrogens is 3. The minimum absolute atomic E-state index is 0.320. The number of para-hydroxylation sites is 1. The summed E-state index contributed by atoms with van der Waals surface area (Å²) in [5, 5.41) is 13.5. The molecular weight excluding hydrogens is 288 g/mol. The molecule has 1 saturated heterocycles. The summed E-state index contributed by atoms with van der Waals surface area (Å²) in [5.74, 6) is 1.29. The van der Waals surface area contributed by atoms with E-state index in [2.05, 4.69) is 14.9 Å². The molecule has 1 atom stereocenters. The molecule has 2 N–H and O–H groups in total. The minimum Gasteiger partial charge on any atom is -0.508 e. The van der Waals surface area contributed by atoms with Gasteiger partial charge in [-0.3, -0.25) is 0 Å². The quantitative estimate of drug-likeness (QED) is 0.781. The predicted molar refractivity (Wildman–Crippen MR) is 89.6 cm³/mol. The first-order valence-electron chi connectivity index (χ1n) is 8.12. The molecule has 3 heterocycles. The predicted octanol–water partition coefficient (Wildman–Crippen LogP) is 2.65. The van der Waals surface area contributed by atoms with Crippen LogP contribution in [0.25, 0.3) is 11.2 Å². The Balaban J connectivity index is 1.80. The van der Waals surface area contributed by atoms with Crippen LogP contribution >= 0.6 is 0 Å². The Morgan fingerprint density at radius 2 is 2.13 bits per heavy atom. The molecule has 118 valence electrons. The van der Waals surface area contributed by atoms with Crippen molar-refractivity contribution in [1.29, 1.82) is 0 Å². The van der Waals surface area contributed by atoms with Crippen LogP contribution in [0.2, 0.25) is 0 Å². The summed E-state index contributed by atoms with van der Waals surface area (Å²) >= 11 is 0. The molecule has 5 nitrogen and oxygen atoms in total. The molecule has 1 aliphatic heterocycles. The number of pyridine rings is 1. The molecule has 1 unspecified atom stereocenters. The van der Waals surface area contributed by atoms with Crippen molar-refractivity contribution in [2.75, 3.05) is 13.1 Å². The van der Waals surface area contributed by atoms with Crippen LogP contribution in [0.1, 0.15) is 30.3 Å². The highest BCUT2D eigenvalue weighted by molar-refractivity contribution is 5.71. The second kappa shape index (κ2) is 6.01. The van der Waals surface area contributed by atoms with Crippen molar-refractivity contribution in [1.82, 2.24) is 19.9 Å². The van der Waals surface area contributed by atoms with E-state index in [9.17, 15) is 5.11 Å². The van der Waals surface area contributed by atoms with Crippen molar-refractivity contribution in [3.8, 4) is 5.75 Å². The lowest BCUT2D eigenvalue weighted by molar-refractivity contribution is 0.370. The second-order valence-corrected chi connectivity index (χ2v) is 6.05. The number of hydrogen-bond acceptors (Lipinski definition) is 4.